The fraction of sp³-hybridized carbons (Fsp3) is 0.455. The summed E-state index contributed by atoms with van der Waals surface area (Å²) in [4.78, 5) is 0. The van der Waals surface area contributed by atoms with Gasteiger partial charge in [-0.1, -0.05) is 0 Å². The Kier molecular flexibility index (Phi) is 5.06. The van der Waals surface area contributed by atoms with E-state index < -0.39 is 41.0 Å². The number of aliphatic hydroxyl groups excluding tert-OH is 2. The highest BCUT2D eigenvalue weighted by atomic mass is 19.2. The van der Waals surface area contributed by atoms with Gasteiger partial charge in [0.05, 0.1) is 11.7 Å². The zero-order valence-electron chi connectivity index (χ0n) is 9.55. The Labute approximate surface area is 101 Å². The lowest BCUT2D eigenvalue weighted by Gasteiger charge is -2.19. The second kappa shape index (κ2) is 6.12. The number of benzene rings is 1. The van der Waals surface area contributed by atoms with Gasteiger partial charge in [0.1, 0.15) is 6.10 Å². The molecule has 0 bridgehead atoms. The monoisotopic (exact) mass is 267 g/mol. The molecule has 0 aliphatic carbocycles. The number of rotatable bonds is 5. The zero-order valence-corrected chi connectivity index (χ0v) is 9.55. The van der Waals surface area contributed by atoms with Crippen LogP contribution in [0.25, 0.3) is 0 Å². The van der Waals surface area contributed by atoms with E-state index >= 15 is 0 Å². The molecule has 102 valence electrons. The first-order valence-electron chi connectivity index (χ1n) is 5.23. The first-order chi connectivity index (χ1) is 8.40. The molecule has 1 aromatic rings. The highest BCUT2D eigenvalue weighted by Gasteiger charge is 2.29. The van der Waals surface area contributed by atoms with Crippen molar-refractivity contribution < 1.29 is 27.8 Å². The van der Waals surface area contributed by atoms with E-state index in [0.29, 0.717) is 0 Å². The molecule has 0 fully saturated rings. The smallest absolute Gasteiger partial charge is 0.167 e. The van der Waals surface area contributed by atoms with Gasteiger partial charge < -0.3 is 15.5 Å². The third kappa shape index (κ3) is 2.98. The second-order valence-electron chi connectivity index (χ2n) is 3.79. The molecule has 0 aromatic heterocycles. The number of aliphatic hydroxyl groups is 2. The minimum Gasteiger partial charge on any atom is -0.390 e. The van der Waals surface area contributed by atoms with Crippen molar-refractivity contribution >= 4 is 0 Å². The van der Waals surface area contributed by atoms with Crippen molar-refractivity contribution in [2.75, 3.05) is 13.6 Å². The Balaban J connectivity index is 3.08. The maximum absolute atomic E-state index is 13.3. The summed E-state index contributed by atoms with van der Waals surface area (Å²) < 4.78 is 52.4. The third-order valence-electron chi connectivity index (χ3n) is 2.50. The highest BCUT2D eigenvalue weighted by molar-refractivity contribution is 5.25. The van der Waals surface area contributed by atoms with Gasteiger partial charge in [0.25, 0.3) is 0 Å². The number of hydrogen-bond acceptors (Lipinski definition) is 3. The van der Waals surface area contributed by atoms with E-state index in [1.165, 1.54) is 0 Å². The molecule has 0 radical (unpaired) electrons. The largest absolute Gasteiger partial charge is 0.390 e. The third-order valence-corrected chi connectivity index (χ3v) is 2.50. The molecule has 2 unspecified atom stereocenters. The van der Waals surface area contributed by atoms with Crippen molar-refractivity contribution in [3.63, 3.8) is 0 Å². The predicted octanol–water partition coefficient (Wildman–Crippen LogP) is 1.25. The lowest BCUT2D eigenvalue weighted by atomic mass is 10.0. The average molecular weight is 267 g/mol. The van der Waals surface area contributed by atoms with Crippen LogP contribution in [0.1, 0.15) is 18.1 Å². The molecule has 3 nitrogen and oxygen atoms in total. The molecule has 0 spiro atoms. The van der Waals surface area contributed by atoms with Crippen molar-refractivity contribution in [2.24, 2.45) is 0 Å². The van der Waals surface area contributed by atoms with Crippen molar-refractivity contribution in [2.45, 2.75) is 18.6 Å². The van der Waals surface area contributed by atoms with Crippen LogP contribution in [0.3, 0.4) is 0 Å². The van der Waals surface area contributed by atoms with Gasteiger partial charge in [0.15, 0.2) is 23.3 Å². The molecule has 0 saturated heterocycles. The molecule has 1 aromatic carbocycles. The Morgan fingerprint density at radius 1 is 1.11 bits per heavy atom. The Morgan fingerprint density at radius 3 is 2.06 bits per heavy atom. The highest BCUT2D eigenvalue weighted by Crippen LogP contribution is 2.28. The quantitative estimate of drug-likeness (QED) is 0.556. The van der Waals surface area contributed by atoms with Crippen LogP contribution >= 0.6 is 0 Å². The first kappa shape index (κ1) is 14.9. The first-order valence-corrected chi connectivity index (χ1v) is 5.23. The van der Waals surface area contributed by atoms with Gasteiger partial charge in [-0.2, -0.15) is 0 Å². The summed E-state index contributed by atoms with van der Waals surface area (Å²) in [7, 11) is 1.57. The van der Waals surface area contributed by atoms with E-state index in [9.17, 15) is 27.8 Å². The molecule has 0 amide bonds. The lowest BCUT2D eigenvalue weighted by Crippen LogP contribution is -2.25. The summed E-state index contributed by atoms with van der Waals surface area (Å²) in [5.74, 6) is -6.65. The fourth-order valence-corrected chi connectivity index (χ4v) is 1.49. The summed E-state index contributed by atoms with van der Waals surface area (Å²) in [6.45, 7) is 0.263. The van der Waals surface area contributed by atoms with Gasteiger partial charge in [-0.15, -0.1) is 0 Å². The summed E-state index contributed by atoms with van der Waals surface area (Å²) in [6, 6.07) is 0.0425. The Morgan fingerprint density at radius 2 is 1.61 bits per heavy atom. The molecule has 2 atom stereocenters. The van der Waals surface area contributed by atoms with Crippen LogP contribution < -0.4 is 5.32 Å². The van der Waals surface area contributed by atoms with Gasteiger partial charge in [-0.25, -0.2) is 17.6 Å². The van der Waals surface area contributed by atoms with Gasteiger partial charge in [0.2, 0.25) is 0 Å². The number of halogens is 4. The van der Waals surface area contributed by atoms with E-state index in [0.717, 1.165) is 0 Å². The topological polar surface area (TPSA) is 52.5 Å². The van der Waals surface area contributed by atoms with Crippen molar-refractivity contribution in [3.8, 4) is 0 Å². The van der Waals surface area contributed by atoms with Gasteiger partial charge in [0, 0.05) is 6.07 Å². The van der Waals surface area contributed by atoms with Crippen LogP contribution in [-0.2, 0) is 0 Å². The molecule has 0 aliphatic rings. The molecule has 0 aliphatic heterocycles. The second-order valence-corrected chi connectivity index (χ2v) is 3.79. The number of nitrogens with one attached hydrogen (secondary N) is 1. The summed E-state index contributed by atoms with van der Waals surface area (Å²) >= 11 is 0. The molecule has 0 heterocycles. The van der Waals surface area contributed by atoms with Crippen molar-refractivity contribution in [1.82, 2.24) is 5.32 Å². The van der Waals surface area contributed by atoms with E-state index in [-0.39, 0.29) is 19.0 Å². The molecule has 1 rings (SSSR count). The molecular weight excluding hydrogens is 254 g/mol. The van der Waals surface area contributed by atoms with Crippen molar-refractivity contribution in [1.29, 1.82) is 0 Å². The minimum atomic E-state index is -2.04. The van der Waals surface area contributed by atoms with Gasteiger partial charge in [-0.05, 0) is 20.0 Å². The fourth-order valence-electron chi connectivity index (χ4n) is 1.49. The summed E-state index contributed by atoms with van der Waals surface area (Å²) in [5.41, 5.74) is -1.20. The summed E-state index contributed by atoms with van der Waals surface area (Å²) in [5, 5.41) is 21.6. The summed E-state index contributed by atoms with van der Waals surface area (Å²) in [6.07, 6.45) is -3.61. The molecule has 18 heavy (non-hydrogen) atoms. The van der Waals surface area contributed by atoms with E-state index in [4.69, 9.17) is 0 Å². The molecule has 7 heteroatoms. The van der Waals surface area contributed by atoms with E-state index in [1.807, 2.05) is 0 Å². The lowest BCUT2D eigenvalue weighted by molar-refractivity contribution is 0.00899. The maximum atomic E-state index is 13.3. The van der Waals surface area contributed by atoms with E-state index in [1.54, 1.807) is 7.05 Å². The standard InChI is InChI=1S/C11H13F4NO2/c1-16-3-2-7(17)11(18)8-9(14)5(12)4-6(13)10(8)15/h4,7,11,16-18H,2-3H2,1H3. The van der Waals surface area contributed by atoms with E-state index in [2.05, 4.69) is 5.32 Å². The van der Waals surface area contributed by atoms with Crippen LogP contribution in [0.15, 0.2) is 6.07 Å². The van der Waals surface area contributed by atoms with Crippen LogP contribution in [0, 0.1) is 23.3 Å². The Hall–Kier alpha value is -1.18. The normalized spacial score (nSPS) is 14.6. The Bertz CT molecular complexity index is 402. The molecule has 0 saturated carbocycles. The number of hydrogen-bond donors (Lipinski definition) is 3. The average Bonchev–Trinajstić information content (AvgIpc) is 2.33. The predicted molar refractivity (Wildman–Crippen MR) is 55.8 cm³/mol. The SMILES string of the molecule is CNCCC(O)C(O)c1c(F)c(F)cc(F)c1F. The van der Waals surface area contributed by atoms with Gasteiger partial charge in [-0.3, -0.25) is 0 Å². The van der Waals surface area contributed by atoms with Gasteiger partial charge >= 0.3 is 0 Å². The van der Waals surface area contributed by atoms with Crippen molar-refractivity contribution in [3.05, 3.63) is 34.9 Å². The van der Waals surface area contributed by atoms with Crippen LogP contribution in [0.4, 0.5) is 17.6 Å². The molecule has 3 N–H and O–H groups in total. The van der Waals surface area contributed by atoms with Crippen LogP contribution in [0.5, 0.6) is 0 Å². The maximum Gasteiger partial charge on any atom is 0.167 e. The molecular formula is C11H13F4NO2. The minimum absolute atomic E-state index is 0.0331. The van der Waals surface area contributed by atoms with Crippen LogP contribution in [-0.4, -0.2) is 29.9 Å². The zero-order chi connectivity index (χ0) is 13.9. The van der Waals surface area contributed by atoms with Crippen LogP contribution in [0.2, 0.25) is 0 Å².